The van der Waals surface area contributed by atoms with Gasteiger partial charge in [0, 0.05) is 90.9 Å². The summed E-state index contributed by atoms with van der Waals surface area (Å²) in [6, 6.07) is 10.3. The molecule has 1 saturated carbocycles. The molecule has 12 heteroatoms. The molecule has 6 heterocycles. The number of carbonyl (C=O) groups is 3. The molecule has 1 unspecified atom stereocenters. The first kappa shape index (κ1) is 34.4. The minimum atomic E-state index is -3.07. The van der Waals surface area contributed by atoms with Gasteiger partial charge < -0.3 is 33.9 Å². The summed E-state index contributed by atoms with van der Waals surface area (Å²) in [5.74, 6) is -2.35. The molecule has 3 aromatic rings. The normalized spacial score (nSPS) is 35.9. The van der Waals surface area contributed by atoms with E-state index in [0.29, 0.717) is 61.7 Å². The van der Waals surface area contributed by atoms with Crippen molar-refractivity contribution in [2.45, 2.75) is 87.6 Å². The highest BCUT2D eigenvalue weighted by Crippen LogP contribution is 2.68. The predicted octanol–water partition coefficient (Wildman–Crippen LogP) is 4.75. The van der Waals surface area contributed by atoms with E-state index in [-0.39, 0.29) is 18.4 Å². The Kier molecular flexibility index (Phi) is 7.96. The third-order valence-electron chi connectivity index (χ3n) is 14.7. The molecular weight excluding hydrogens is 725 g/mol. The fraction of sp³-hybridized carbons (Fsp3) is 0.533. The molecule has 0 radical (unpaired) electrons. The molecule has 1 aliphatic carbocycles. The van der Waals surface area contributed by atoms with Gasteiger partial charge >= 0.3 is 17.9 Å². The van der Waals surface area contributed by atoms with Crippen LogP contribution in [0.15, 0.2) is 60.2 Å². The molecule has 9 rings (SSSR count). The lowest BCUT2D eigenvalue weighted by Gasteiger charge is -2.63. The lowest BCUT2D eigenvalue weighted by molar-refractivity contribution is -0.228. The van der Waals surface area contributed by atoms with Crippen LogP contribution >= 0.6 is 0 Å². The molecule has 302 valence electrons. The molecule has 9 atom stereocenters. The number of rotatable bonds is 7. The van der Waals surface area contributed by atoms with Crippen molar-refractivity contribution < 1.29 is 42.5 Å². The number of hydrogen-bond donors (Lipinski definition) is 2. The van der Waals surface area contributed by atoms with Gasteiger partial charge in [-0.05, 0) is 61.4 Å². The standard InChI is InChI=1S/C45H54N4O8/c1-8-27-19-28-22-44(40(51)55-6,36-30(25-48(23-27)24-28)29-13-10-11-14-33(29)46-36)32-20-31-34(21-35(32)54-5)47(4)38-43(31)16-18-49-17-12-15-42(9-2,37(43)49)39(57-26(3)50)45(38,53)41(52)56-7/h10-15,19-21,28,37-39,46,53H,8-9,16-18,22-25H2,1-7H3/t28-,37-,38+,39-,42+,43+,44-,45-/m0/s1/i6D3. The van der Waals surface area contributed by atoms with Gasteiger partial charge in [0.05, 0.1) is 31.4 Å². The highest BCUT2D eigenvalue weighted by Gasteiger charge is 2.80. The number of H-pyrrole nitrogens is 1. The second-order valence-electron chi connectivity index (χ2n) is 17.1. The number of ether oxygens (including phenoxy) is 4. The monoisotopic (exact) mass is 781 g/mol. The number of para-hydroxylation sites is 1. The van der Waals surface area contributed by atoms with E-state index < -0.39 is 58.9 Å². The molecular formula is C45H54N4O8. The van der Waals surface area contributed by atoms with E-state index in [1.807, 2.05) is 67.4 Å². The van der Waals surface area contributed by atoms with E-state index in [1.165, 1.54) is 26.7 Å². The van der Waals surface area contributed by atoms with Crippen LogP contribution in [0.5, 0.6) is 5.75 Å². The topological polar surface area (TPSA) is 134 Å². The Morgan fingerprint density at radius 3 is 2.58 bits per heavy atom. The van der Waals surface area contributed by atoms with E-state index in [9.17, 15) is 14.7 Å². The van der Waals surface area contributed by atoms with E-state index >= 15 is 4.79 Å². The number of aromatic nitrogens is 1. The molecule has 1 aromatic heterocycles. The number of esters is 3. The number of hydrogen-bond acceptors (Lipinski definition) is 11. The number of methoxy groups -OCH3 is 3. The average molecular weight is 782 g/mol. The third-order valence-corrected chi connectivity index (χ3v) is 14.7. The summed E-state index contributed by atoms with van der Waals surface area (Å²) in [5.41, 5.74) is -0.837. The zero-order chi connectivity index (χ0) is 42.7. The summed E-state index contributed by atoms with van der Waals surface area (Å²) in [6.07, 6.45) is 6.85. The van der Waals surface area contributed by atoms with Crippen LogP contribution in [0.2, 0.25) is 0 Å². The minimum Gasteiger partial charge on any atom is -0.496 e. The smallest absolute Gasteiger partial charge is 0.344 e. The Labute approximate surface area is 338 Å². The zero-order valence-electron chi connectivity index (χ0n) is 36.5. The first-order valence-corrected chi connectivity index (χ1v) is 20.1. The van der Waals surface area contributed by atoms with Crippen molar-refractivity contribution in [1.82, 2.24) is 14.8 Å². The molecule has 2 fully saturated rings. The van der Waals surface area contributed by atoms with Gasteiger partial charge in [-0.15, -0.1) is 0 Å². The van der Waals surface area contributed by atoms with Crippen molar-refractivity contribution >= 4 is 34.5 Å². The number of benzene rings is 2. The Morgan fingerprint density at radius 2 is 1.86 bits per heavy atom. The molecule has 5 aliphatic heterocycles. The van der Waals surface area contributed by atoms with Crippen molar-refractivity contribution in [3.8, 4) is 5.75 Å². The van der Waals surface area contributed by atoms with Crippen molar-refractivity contribution in [2.75, 3.05) is 59.4 Å². The van der Waals surface area contributed by atoms with Crippen LogP contribution < -0.4 is 9.64 Å². The molecule has 1 saturated heterocycles. The van der Waals surface area contributed by atoms with Gasteiger partial charge in [-0.2, -0.15) is 0 Å². The molecule has 12 nitrogen and oxygen atoms in total. The molecule has 6 aliphatic rings. The second-order valence-corrected chi connectivity index (χ2v) is 17.1. The number of carbonyl (C=O) groups excluding carboxylic acids is 3. The van der Waals surface area contributed by atoms with Crippen LogP contribution in [0.1, 0.15) is 73.0 Å². The fourth-order valence-corrected chi connectivity index (χ4v) is 12.8. The zero-order valence-corrected chi connectivity index (χ0v) is 33.5. The SMILES string of the molecule is [2H]C([2H])([2H])OC(=O)[C@]1(c2cc3c(cc2OC)N(C)[C@H]2[C@@](O)(C(=O)OC)[C@@H](OC(C)=O)[C@]4(CC)C=CCN5CC[C@]32[C@@H]54)C[C@@H]2C=C(CC)CN(Cc3c1[nH]c1ccccc31)C2. The van der Waals surface area contributed by atoms with Crippen molar-refractivity contribution in [1.29, 1.82) is 0 Å². The minimum absolute atomic E-state index is 0.168. The summed E-state index contributed by atoms with van der Waals surface area (Å²) in [5, 5.41) is 14.2. The van der Waals surface area contributed by atoms with Crippen LogP contribution in [0, 0.1) is 11.3 Å². The van der Waals surface area contributed by atoms with E-state index in [4.69, 9.17) is 23.1 Å². The largest absolute Gasteiger partial charge is 0.496 e. The van der Waals surface area contributed by atoms with Gasteiger partial charge in [0.2, 0.25) is 5.60 Å². The summed E-state index contributed by atoms with van der Waals surface area (Å²) in [7, 11) is 1.49. The summed E-state index contributed by atoms with van der Waals surface area (Å²) < 4.78 is 48.3. The van der Waals surface area contributed by atoms with Crippen molar-refractivity contribution in [3.05, 3.63) is 82.6 Å². The molecule has 1 spiro atoms. The Bertz CT molecular complexity index is 2360. The number of likely N-dealkylation sites (N-methyl/N-ethyl adjacent to an activating group) is 1. The summed E-state index contributed by atoms with van der Waals surface area (Å²) in [4.78, 5) is 53.1. The maximum Gasteiger partial charge on any atom is 0.344 e. The van der Waals surface area contributed by atoms with Gasteiger partial charge in [0.1, 0.15) is 11.2 Å². The Morgan fingerprint density at radius 1 is 1.05 bits per heavy atom. The average Bonchev–Trinajstić information content (AvgIpc) is 3.86. The van der Waals surface area contributed by atoms with E-state index in [0.717, 1.165) is 35.0 Å². The number of anilines is 1. The number of nitrogens with zero attached hydrogens (tertiary/aromatic N) is 3. The quantitative estimate of drug-likeness (QED) is 0.196. The summed E-state index contributed by atoms with van der Waals surface area (Å²) >= 11 is 0. The number of aromatic amines is 1. The maximum atomic E-state index is 15.5. The fourth-order valence-electron chi connectivity index (χ4n) is 12.8. The second kappa shape index (κ2) is 13.2. The first-order valence-electron chi connectivity index (χ1n) is 21.6. The molecule has 2 bridgehead atoms. The Balaban J connectivity index is 1.38. The highest BCUT2D eigenvalue weighted by molar-refractivity contribution is 5.95. The van der Waals surface area contributed by atoms with E-state index in [2.05, 4.69) is 27.8 Å². The van der Waals surface area contributed by atoms with Gasteiger partial charge in [-0.1, -0.05) is 55.8 Å². The van der Waals surface area contributed by atoms with Gasteiger partial charge in [0.25, 0.3) is 0 Å². The third kappa shape index (κ3) is 4.80. The predicted molar refractivity (Wildman–Crippen MR) is 214 cm³/mol. The van der Waals surface area contributed by atoms with Crippen LogP contribution in [0.3, 0.4) is 0 Å². The number of aliphatic hydroxyl groups is 1. The van der Waals surface area contributed by atoms with Crippen LogP contribution in [0.25, 0.3) is 10.9 Å². The van der Waals surface area contributed by atoms with Crippen molar-refractivity contribution in [3.63, 3.8) is 0 Å². The molecule has 57 heavy (non-hydrogen) atoms. The van der Waals surface area contributed by atoms with Gasteiger partial charge in [0.15, 0.2) is 6.10 Å². The van der Waals surface area contributed by atoms with Gasteiger partial charge in [-0.25, -0.2) is 4.79 Å². The molecule has 2 aromatic carbocycles. The van der Waals surface area contributed by atoms with Crippen molar-refractivity contribution in [2.24, 2.45) is 11.3 Å². The summed E-state index contributed by atoms with van der Waals surface area (Å²) in [6.45, 7) is 8.50. The highest BCUT2D eigenvalue weighted by atomic mass is 16.6. The maximum absolute atomic E-state index is 15.5. The lowest BCUT2D eigenvalue weighted by Crippen LogP contribution is -2.81. The van der Waals surface area contributed by atoms with Gasteiger partial charge in [-0.3, -0.25) is 19.4 Å². The van der Waals surface area contributed by atoms with Crippen LogP contribution in [0.4, 0.5) is 5.69 Å². The Hall–Kier alpha value is -4.65. The number of nitrogens with one attached hydrogen (secondary N) is 1. The van der Waals surface area contributed by atoms with Crippen LogP contribution in [-0.2, 0) is 46.0 Å². The van der Waals surface area contributed by atoms with E-state index in [1.54, 1.807) is 0 Å². The van der Waals surface area contributed by atoms with Crippen LogP contribution in [-0.4, -0.2) is 116 Å². The molecule has 0 amide bonds. The lowest BCUT2D eigenvalue weighted by atomic mass is 9.47. The number of fused-ring (bicyclic) bond motifs is 6. The molecule has 2 N–H and O–H groups in total. The first-order chi connectivity index (χ1) is 28.5.